The molecule has 11 heavy (non-hydrogen) atoms. The van der Waals surface area contributed by atoms with Gasteiger partial charge >= 0.3 is 5.97 Å². The van der Waals surface area contributed by atoms with Crippen LogP contribution in [0.5, 0.6) is 0 Å². The van der Waals surface area contributed by atoms with Crippen LogP contribution >= 0.6 is 0 Å². The van der Waals surface area contributed by atoms with E-state index in [-0.39, 0.29) is 0 Å². The van der Waals surface area contributed by atoms with E-state index in [9.17, 15) is 4.79 Å². The minimum Gasteiger partial charge on any atom is -0.480 e. The van der Waals surface area contributed by atoms with Crippen molar-refractivity contribution in [3.05, 3.63) is 17.4 Å². The summed E-state index contributed by atoms with van der Waals surface area (Å²) < 4.78 is 0. The molecule has 0 bridgehead atoms. The lowest BCUT2D eigenvalue weighted by molar-refractivity contribution is -0.137. The average Bonchev–Trinajstić information content (AvgIpc) is 1.99. The van der Waals surface area contributed by atoms with E-state index in [0.717, 1.165) is 12.0 Å². The molecule has 0 amide bonds. The van der Waals surface area contributed by atoms with Crippen molar-refractivity contribution in [1.29, 1.82) is 0 Å². The van der Waals surface area contributed by atoms with Gasteiger partial charge in [0.15, 0.2) is 0 Å². The molecule has 0 aromatic rings. The Hall–Kier alpha value is -1.05. The average molecular weight is 155 g/mol. The predicted octanol–water partition coefficient (Wildman–Crippen LogP) is 0.910. The molecule has 0 aromatic heterocycles. The van der Waals surface area contributed by atoms with Crippen molar-refractivity contribution in [2.45, 2.75) is 26.3 Å². The summed E-state index contributed by atoms with van der Waals surface area (Å²) in [7, 11) is 0. The van der Waals surface area contributed by atoms with Crippen LogP contribution in [0.1, 0.15) is 20.3 Å². The van der Waals surface area contributed by atoms with Crippen LogP contribution in [0.3, 0.4) is 0 Å². The van der Waals surface area contributed by atoms with E-state index in [1.807, 2.05) is 13.8 Å². The minimum absolute atomic E-state index is 0.864. The van der Waals surface area contributed by atoms with Crippen LogP contribution in [-0.2, 0) is 4.79 Å². The summed E-state index contributed by atoms with van der Waals surface area (Å²) in [6.07, 6.45) is 2.23. The normalized spacial score (nSPS) is 11.5. The van der Waals surface area contributed by atoms with Gasteiger partial charge in [-0.25, -0.2) is 0 Å². The van der Waals surface area contributed by atoms with Crippen molar-refractivity contribution < 1.29 is 9.90 Å². The number of carboxylic acids is 1. The zero-order valence-corrected chi connectivity index (χ0v) is 6.79. The minimum atomic E-state index is -1.03. The van der Waals surface area contributed by atoms with Gasteiger partial charge in [0.25, 0.3) is 0 Å². The van der Waals surface area contributed by atoms with E-state index in [0.29, 0.717) is 0 Å². The molecule has 0 saturated carbocycles. The highest BCUT2D eigenvalue weighted by Crippen LogP contribution is 1.94. The van der Waals surface area contributed by atoms with Gasteiger partial charge in [-0.2, -0.15) is 0 Å². The number of aliphatic carboxylic acids is 1. The third-order valence-corrected chi connectivity index (χ3v) is 1.32. The molecule has 0 radical (unpaired) electrons. The fourth-order valence-electron chi connectivity index (χ4n) is 0.405. The maximum absolute atomic E-state index is 10.2. The molecule has 0 aliphatic heterocycles. The lowest BCUT2D eigenvalue weighted by Crippen LogP contribution is -2.27. The lowest BCUT2D eigenvalue weighted by atomic mass is 10.2. The third-order valence-electron chi connectivity index (χ3n) is 1.32. The fraction of sp³-hybridized carbons (Fsp3) is 0.500. The fourth-order valence-corrected chi connectivity index (χ4v) is 0.405. The summed E-state index contributed by atoms with van der Waals surface area (Å²) in [5, 5.41) is 8.36. The van der Waals surface area contributed by atoms with Gasteiger partial charge in [-0.15, -0.1) is 5.73 Å². The highest BCUT2D eigenvalue weighted by atomic mass is 16.4. The Morgan fingerprint density at radius 2 is 2.36 bits per heavy atom. The molecule has 1 atom stereocenters. The summed E-state index contributed by atoms with van der Waals surface area (Å²) >= 11 is 0. The smallest absolute Gasteiger partial charge is 0.325 e. The van der Waals surface area contributed by atoms with Gasteiger partial charge in [-0.1, -0.05) is 6.92 Å². The third kappa shape index (κ3) is 4.37. The van der Waals surface area contributed by atoms with Crippen molar-refractivity contribution in [3.8, 4) is 0 Å². The molecule has 3 heteroatoms. The second kappa shape index (κ2) is 4.72. The van der Waals surface area contributed by atoms with Gasteiger partial charge in [0.1, 0.15) is 6.04 Å². The first-order valence-electron chi connectivity index (χ1n) is 3.48. The Kier molecular flexibility index (Phi) is 4.27. The monoisotopic (exact) mass is 155 g/mol. The molecule has 0 saturated heterocycles. The zero-order chi connectivity index (χ0) is 8.85. The summed E-state index contributed by atoms with van der Waals surface area (Å²) in [5.74, 6) is -1.03. The molecule has 0 rings (SSSR count). The van der Waals surface area contributed by atoms with Crippen LogP contribution in [0.4, 0.5) is 0 Å². The van der Waals surface area contributed by atoms with Gasteiger partial charge in [-0.3, -0.25) is 4.79 Å². The molecule has 62 valence electrons. The summed E-state index contributed by atoms with van der Waals surface area (Å²) in [4.78, 5) is 10.2. The van der Waals surface area contributed by atoms with Crippen molar-refractivity contribution in [2.24, 2.45) is 5.73 Å². The molecule has 0 aliphatic carbocycles. The van der Waals surface area contributed by atoms with Crippen molar-refractivity contribution in [1.82, 2.24) is 0 Å². The number of nitrogens with two attached hydrogens (primary N) is 1. The Bertz CT molecular complexity index is 202. The highest BCUT2D eigenvalue weighted by molar-refractivity contribution is 5.75. The van der Waals surface area contributed by atoms with Gasteiger partial charge in [-0.05, 0) is 25.0 Å². The molecule has 0 heterocycles. The van der Waals surface area contributed by atoms with Crippen molar-refractivity contribution in [2.75, 3.05) is 0 Å². The van der Waals surface area contributed by atoms with Crippen LogP contribution in [0.25, 0.3) is 0 Å². The highest BCUT2D eigenvalue weighted by Gasteiger charge is 2.04. The Morgan fingerprint density at radius 1 is 1.82 bits per heavy atom. The quantitative estimate of drug-likeness (QED) is 0.595. The Balaban J connectivity index is 4.22. The van der Waals surface area contributed by atoms with Crippen LogP contribution in [-0.4, -0.2) is 17.1 Å². The van der Waals surface area contributed by atoms with Gasteiger partial charge in [0.05, 0.1) is 0 Å². The first-order valence-corrected chi connectivity index (χ1v) is 3.48. The Labute approximate surface area is 66.2 Å². The van der Waals surface area contributed by atoms with E-state index in [2.05, 4.69) is 5.73 Å². The summed E-state index contributed by atoms with van der Waals surface area (Å²) in [6, 6.07) is -0.934. The number of hydrogen-bond acceptors (Lipinski definition) is 2. The van der Waals surface area contributed by atoms with Crippen LogP contribution < -0.4 is 5.73 Å². The van der Waals surface area contributed by atoms with Crippen LogP contribution in [0, 0.1) is 0 Å². The SMILES string of the molecule is CCC(C)=C=CC(N)C(=O)O. The summed E-state index contributed by atoms with van der Waals surface area (Å²) in [5.41, 5.74) is 8.99. The van der Waals surface area contributed by atoms with Gasteiger partial charge < -0.3 is 10.8 Å². The Morgan fingerprint density at radius 3 is 2.73 bits per heavy atom. The van der Waals surface area contributed by atoms with Gasteiger partial charge in [0, 0.05) is 0 Å². The lowest BCUT2D eigenvalue weighted by Gasteiger charge is -1.94. The zero-order valence-electron chi connectivity index (χ0n) is 6.79. The molecular formula is C8H13NO2. The molecule has 1 unspecified atom stereocenters. The molecule has 0 spiro atoms. The number of carboxylic acid groups (broad SMARTS) is 1. The van der Waals surface area contributed by atoms with Crippen molar-refractivity contribution >= 4 is 5.97 Å². The molecular weight excluding hydrogens is 142 g/mol. The maximum Gasteiger partial charge on any atom is 0.325 e. The van der Waals surface area contributed by atoms with E-state index in [4.69, 9.17) is 10.8 Å². The maximum atomic E-state index is 10.2. The topological polar surface area (TPSA) is 63.3 Å². The molecule has 0 aliphatic rings. The van der Waals surface area contributed by atoms with Crippen LogP contribution in [0.15, 0.2) is 17.4 Å². The second-order valence-corrected chi connectivity index (χ2v) is 2.31. The van der Waals surface area contributed by atoms with Gasteiger partial charge in [0.2, 0.25) is 0 Å². The molecule has 3 nitrogen and oxygen atoms in total. The predicted molar refractivity (Wildman–Crippen MR) is 43.2 cm³/mol. The molecule has 3 N–H and O–H groups in total. The van der Waals surface area contributed by atoms with E-state index >= 15 is 0 Å². The first-order chi connectivity index (χ1) is 5.07. The first kappa shape index (κ1) is 9.95. The van der Waals surface area contributed by atoms with E-state index < -0.39 is 12.0 Å². The largest absolute Gasteiger partial charge is 0.480 e. The standard InChI is InChI=1S/C8H13NO2/c1-3-6(2)4-5-7(9)8(10)11/h5,7H,3,9H2,1-2H3,(H,10,11). The number of hydrogen-bond donors (Lipinski definition) is 2. The van der Waals surface area contributed by atoms with Crippen molar-refractivity contribution in [3.63, 3.8) is 0 Å². The van der Waals surface area contributed by atoms with E-state index in [1.54, 1.807) is 0 Å². The number of rotatable bonds is 3. The molecule has 0 fully saturated rings. The second-order valence-electron chi connectivity index (χ2n) is 2.31. The summed E-state index contributed by atoms with van der Waals surface area (Å²) in [6.45, 7) is 3.85. The van der Waals surface area contributed by atoms with Crippen LogP contribution in [0.2, 0.25) is 0 Å². The number of carbonyl (C=O) groups is 1. The molecule has 0 aromatic carbocycles. The van der Waals surface area contributed by atoms with E-state index in [1.165, 1.54) is 6.08 Å².